The Bertz CT molecular complexity index is 1060. The zero-order valence-electron chi connectivity index (χ0n) is 17.0. The van der Waals surface area contributed by atoms with E-state index < -0.39 is 24.7 Å². The van der Waals surface area contributed by atoms with E-state index in [-0.39, 0.29) is 1.43 Å². The first kappa shape index (κ1) is 22.8. The molecule has 0 radical (unpaired) electrons. The van der Waals surface area contributed by atoms with Crippen LogP contribution >= 0.6 is 11.6 Å². The van der Waals surface area contributed by atoms with E-state index in [0.29, 0.717) is 34.4 Å². The number of hydrogen-bond acceptors (Lipinski definition) is 5. The van der Waals surface area contributed by atoms with Crippen LogP contribution in [0, 0.1) is 0 Å². The average Bonchev–Trinajstić information content (AvgIpc) is 3.15. The second-order valence-corrected chi connectivity index (χ2v) is 7.48. The zero-order chi connectivity index (χ0) is 22.6. The van der Waals surface area contributed by atoms with Gasteiger partial charge in [0.05, 0.1) is 5.02 Å². The van der Waals surface area contributed by atoms with Gasteiger partial charge in [0.25, 0.3) is 0 Å². The molecule has 0 saturated carbocycles. The molecule has 3 aromatic heterocycles. The van der Waals surface area contributed by atoms with Crippen molar-refractivity contribution in [1.29, 1.82) is 0 Å². The van der Waals surface area contributed by atoms with Gasteiger partial charge in [-0.25, -0.2) is 15.0 Å². The van der Waals surface area contributed by atoms with Gasteiger partial charge in [-0.3, -0.25) is 4.79 Å². The van der Waals surface area contributed by atoms with Gasteiger partial charge in [-0.2, -0.15) is 13.2 Å². The minimum absolute atomic E-state index is 0. The van der Waals surface area contributed by atoms with Crippen molar-refractivity contribution in [1.82, 2.24) is 25.3 Å². The van der Waals surface area contributed by atoms with Gasteiger partial charge in [-0.1, -0.05) is 24.9 Å². The Morgan fingerprint density at radius 1 is 1.39 bits per heavy atom. The minimum atomic E-state index is -4.48. The highest BCUT2D eigenvalue weighted by molar-refractivity contribution is 6.31. The summed E-state index contributed by atoms with van der Waals surface area (Å²) < 4.78 is 37.5. The number of carbonyl (C=O) groups is 1. The molecule has 0 spiro atoms. The lowest BCUT2D eigenvalue weighted by atomic mass is 10.2. The number of rotatable bonds is 8. The number of fused-ring (bicyclic) bond motifs is 1. The monoisotopic (exact) mass is 456 g/mol. The summed E-state index contributed by atoms with van der Waals surface area (Å²) in [5.74, 6) is 0.103. The van der Waals surface area contributed by atoms with Gasteiger partial charge in [-0.15, -0.1) is 0 Å². The lowest BCUT2D eigenvalue weighted by Crippen LogP contribution is -2.48. The number of carbonyl (C=O) groups excluding carboxylic acids is 1. The fraction of sp³-hybridized carbons (Fsp3) is 0.400. The molecule has 0 fully saturated rings. The van der Waals surface area contributed by atoms with Crippen LogP contribution in [0.15, 0.2) is 30.7 Å². The Labute approximate surface area is 183 Å². The quantitative estimate of drug-likeness (QED) is 0.517. The summed E-state index contributed by atoms with van der Waals surface area (Å²) in [6, 6.07) is 2.52. The van der Waals surface area contributed by atoms with E-state index in [0.717, 1.165) is 18.2 Å². The molecule has 2 N–H and O–H groups in total. The fourth-order valence-corrected chi connectivity index (χ4v) is 3.27. The topological polar surface area (TPSA) is 86.8 Å². The summed E-state index contributed by atoms with van der Waals surface area (Å²) in [6.07, 6.45) is 1.89. The maximum absolute atomic E-state index is 12.5. The molecule has 168 valence electrons. The van der Waals surface area contributed by atoms with E-state index in [4.69, 9.17) is 11.6 Å². The number of aromatic amines is 1. The number of unbranched alkanes of at least 4 members (excludes halogenated alkanes) is 1. The third kappa shape index (κ3) is 5.63. The van der Waals surface area contributed by atoms with E-state index in [9.17, 15) is 18.0 Å². The SMILES string of the molecule is CCCCN(c1ccnc(-c2c[nH]c3ncc(Cl)cc23)n1)[C@H](C)C(=O)NCC(F)(F)F.[HH]. The Morgan fingerprint density at radius 3 is 2.87 bits per heavy atom. The molecule has 1 atom stereocenters. The van der Waals surface area contributed by atoms with E-state index in [1.54, 1.807) is 36.4 Å². The van der Waals surface area contributed by atoms with Gasteiger partial charge in [-0.05, 0) is 25.5 Å². The normalized spacial score (nSPS) is 12.7. The fourth-order valence-electron chi connectivity index (χ4n) is 3.11. The van der Waals surface area contributed by atoms with E-state index >= 15 is 0 Å². The number of aromatic nitrogens is 4. The first-order valence-electron chi connectivity index (χ1n) is 9.76. The van der Waals surface area contributed by atoms with Gasteiger partial charge >= 0.3 is 6.18 Å². The number of halogens is 4. The molecular formula is C20H24ClF3N6O. The van der Waals surface area contributed by atoms with Crippen molar-refractivity contribution >= 4 is 34.4 Å². The molecular weight excluding hydrogens is 433 g/mol. The standard InChI is InChI=1S/C20H22ClF3N6O.H2/c1-3-4-7-30(12(2)19(31)28-11-20(22,23)24)16-5-6-25-18(29-16)15-10-27-17-14(15)8-13(21)9-26-17;/h5-6,8-10,12H,3-4,7,11H2,1-2H3,(H,26,27)(H,28,31);1H/t12-;/m1./s1. The van der Waals surface area contributed by atoms with Crippen LogP contribution in [0.3, 0.4) is 0 Å². The Morgan fingerprint density at radius 2 is 2.16 bits per heavy atom. The number of nitrogens with zero attached hydrogens (tertiary/aromatic N) is 4. The van der Waals surface area contributed by atoms with E-state index in [1.807, 2.05) is 12.2 Å². The number of nitrogens with one attached hydrogen (secondary N) is 2. The maximum atomic E-state index is 12.5. The van der Waals surface area contributed by atoms with Crippen LogP contribution in [-0.4, -0.2) is 51.2 Å². The molecule has 11 heteroatoms. The Balaban J connectivity index is 0.00000363. The number of amides is 1. The van der Waals surface area contributed by atoms with Crippen LogP contribution in [-0.2, 0) is 4.79 Å². The number of alkyl halides is 3. The lowest BCUT2D eigenvalue weighted by molar-refractivity contribution is -0.139. The van der Waals surface area contributed by atoms with Crippen LogP contribution in [0.1, 0.15) is 28.1 Å². The summed E-state index contributed by atoms with van der Waals surface area (Å²) in [6.45, 7) is 2.62. The highest BCUT2D eigenvalue weighted by Crippen LogP contribution is 2.28. The van der Waals surface area contributed by atoms with Crippen molar-refractivity contribution in [2.45, 2.75) is 38.9 Å². The highest BCUT2D eigenvalue weighted by Gasteiger charge is 2.30. The summed E-state index contributed by atoms with van der Waals surface area (Å²) >= 11 is 6.06. The second kappa shape index (κ2) is 9.51. The Kier molecular flexibility index (Phi) is 6.99. The van der Waals surface area contributed by atoms with Gasteiger partial charge in [0.1, 0.15) is 24.1 Å². The van der Waals surface area contributed by atoms with E-state index in [2.05, 4.69) is 19.9 Å². The molecule has 7 nitrogen and oxygen atoms in total. The molecule has 31 heavy (non-hydrogen) atoms. The van der Waals surface area contributed by atoms with Crippen LogP contribution in [0.5, 0.6) is 0 Å². The number of pyridine rings is 1. The molecule has 3 rings (SSSR count). The molecule has 1 amide bonds. The number of anilines is 1. The molecule has 0 aromatic carbocycles. The van der Waals surface area contributed by atoms with Gasteiger partial charge in [0.2, 0.25) is 5.91 Å². The Hall–Kier alpha value is -2.88. The van der Waals surface area contributed by atoms with E-state index in [1.165, 1.54) is 6.20 Å². The maximum Gasteiger partial charge on any atom is 0.405 e. The molecule has 0 bridgehead atoms. The first-order valence-corrected chi connectivity index (χ1v) is 10.1. The second-order valence-electron chi connectivity index (χ2n) is 7.05. The molecule has 0 unspecified atom stereocenters. The molecule has 3 aromatic rings. The summed E-state index contributed by atoms with van der Waals surface area (Å²) in [5, 5.41) is 3.14. The third-order valence-corrected chi connectivity index (χ3v) is 4.94. The van der Waals surface area contributed by atoms with Gasteiger partial charge in [0, 0.05) is 37.5 Å². The van der Waals surface area contributed by atoms with Gasteiger partial charge in [0.15, 0.2) is 5.82 Å². The van der Waals surface area contributed by atoms with Crippen molar-refractivity contribution < 1.29 is 19.4 Å². The van der Waals surface area contributed by atoms with Crippen LogP contribution in [0.2, 0.25) is 5.02 Å². The van der Waals surface area contributed by atoms with Crippen molar-refractivity contribution in [2.75, 3.05) is 18.0 Å². The van der Waals surface area contributed by atoms with Crippen molar-refractivity contribution in [3.63, 3.8) is 0 Å². The van der Waals surface area contributed by atoms with Crippen molar-refractivity contribution in [3.8, 4) is 11.4 Å². The highest BCUT2D eigenvalue weighted by atomic mass is 35.5. The minimum Gasteiger partial charge on any atom is -0.345 e. The average molecular weight is 457 g/mol. The summed E-state index contributed by atoms with van der Waals surface area (Å²) in [5.41, 5.74) is 1.30. The van der Waals surface area contributed by atoms with Crippen LogP contribution in [0.25, 0.3) is 22.4 Å². The van der Waals surface area contributed by atoms with Gasteiger partial charge < -0.3 is 15.2 Å². The molecule has 3 heterocycles. The predicted octanol–water partition coefficient (Wildman–Crippen LogP) is 4.59. The number of hydrogen-bond donors (Lipinski definition) is 2. The predicted molar refractivity (Wildman–Crippen MR) is 115 cm³/mol. The smallest absolute Gasteiger partial charge is 0.345 e. The third-order valence-electron chi connectivity index (χ3n) is 4.74. The number of H-pyrrole nitrogens is 1. The van der Waals surface area contributed by atoms with Crippen LogP contribution < -0.4 is 10.2 Å². The molecule has 0 saturated heterocycles. The molecule has 0 aliphatic heterocycles. The molecule has 0 aliphatic rings. The summed E-state index contributed by atoms with van der Waals surface area (Å²) in [7, 11) is 0. The molecule has 0 aliphatic carbocycles. The summed E-state index contributed by atoms with van der Waals surface area (Å²) in [4.78, 5) is 30.2. The first-order chi connectivity index (χ1) is 14.7. The van der Waals surface area contributed by atoms with Crippen LogP contribution in [0.4, 0.5) is 19.0 Å². The zero-order valence-corrected chi connectivity index (χ0v) is 17.8. The lowest BCUT2D eigenvalue weighted by Gasteiger charge is -2.29. The van der Waals surface area contributed by atoms with Crippen molar-refractivity contribution in [2.24, 2.45) is 0 Å². The largest absolute Gasteiger partial charge is 0.405 e. The van der Waals surface area contributed by atoms with Crippen molar-refractivity contribution in [3.05, 3.63) is 35.7 Å².